The Hall–Kier alpha value is -1.46. The standard InChI is InChI=1S/C13H15ClN4S/c1-2-16-11-7-12(18-13(15)17-11)19-8-9-5-3-4-6-10(9)14/h3-7H,2,8H2,1H3,(H3,15,16,17,18). The lowest BCUT2D eigenvalue weighted by Crippen LogP contribution is -2.03. The molecule has 2 rings (SSSR count). The molecule has 0 aliphatic rings. The van der Waals surface area contributed by atoms with E-state index in [0.717, 1.165) is 33.7 Å². The van der Waals surface area contributed by atoms with Gasteiger partial charge in [-0.1, -0.05) is 29.8 Å². The fraction of sp³-hybridized carbons (Fsp3) is 0.231. The summed E-state index contributed by atoms with van der Waals surface area (Å²) in [5, 5.41) is 4.73. The van der Waals surface area contributed by atoms with Crippen molar-refractivity contribution in [2.75, 3.05) is 17.6 Å². The quantitative estimate of drug-likeness (QED) is 0.653. The Morgan fingerprint density at radius 3 is 2.84 bits per heavy atom. The first-order valence-electron chi connectivity index (χ1n) is 5.93. The predicted octanol–water partition coefficient (Wildman–Crippen LogP) is 3.44. The fourth-order valence-corrected chi connectivity index (χ4v) is 2.75. The minimum atomic E-state index is 0.278. The van der Waals surface area contributed by atoms with Crippen molar-refractivity contribution in [1.29, 1.82) is 0 Å². The molecule has 0 saturated carbocycles. The van der Waals surface area contributed by atoms with Crippen LogP contribution >= 0.6 is 23.4 Å². The van der Waals surface area contributed by atoms with Crippen molar-refractivity contribution >= 4 is 35.1 Å². The number of benzene rings is 1. The molecule has 0 atom stereocenters. The van der Waals surface area contributed by atoms with Gasteiger partial charge in [0.05, 0.1) is 0 Å². The van der Waals surface area contributed by atoms with Crippen molar-refractivity contribution in [3.05, 3.63) is 40.9 Å². The number of anilines is 2. The Bertz CT molecular complexity index is 562. The van der Waals surface area contributed by atoms with Gasteiger partial charge in [0.1, 0.15) is 10.8 Å². The maximum atomic E-state index is 6.12. The Kier molecular flexibility index (Phi) is 4.87. The van der Waals surface area contributed by atoms with E-state index in [0.29, 0.717) is 0 Å². The van der Waals surface area contributed by atoms with E-state index < -0.39 is 0 Å². The predicted molar refractivity (Wildman–Crippen MR) is 81.6 cm³/mol. The van der Waals surface area contributed by atoms with E-state index in [1.807, 2.05) is 37.3 Å². The second-order valence-electron chi connectivity index (χ2n) is 3.86. The zero-order chi connectivity index (χ0) is 13.7. The van der Waals surface area contributed by atoms with E-state index in [1.165, 1.54) is 0 Å². The van der Waals surface area contributed by atoms with Crippen LogP contribution in [-0.4, -0.2) is 16.5 Å². The van der Waals surface area contributed by atoms with Gasteiger partial charge in [-0.05, 0) is 18.6 Å². The van der Waals surface area contributed by atoms with E-state index in [2.05, 4.69) is 15.3 Å². The Balaban J connectivity index is 2.09. The number of nitrogens with zero attached hydrogens (tertiary/aromatic N) is 2. The van der Waals surface area contributed by atoms with Gasteiger partial charge in [-0.3, -0.25) is 0 Å². The highest BCUT2D eigenvalue weighted by atomic mass is 35.5. The molecule has 6 heteroatoms. The summed E-state index contributed by atoms with van der Waals surface area (Å²) >= 11 is 7.71. The number of thioether (sulfide) groups is 1. The molecule has 1 heterocycles. The molecule has 0 unspecified atom stereocenters. The molecule has 0 aliphatic heterocycles. The maximum absolute atomic E-state index is 6.12. The summed E-state index contributed by atoms with van der Waals surface area (Å²) in [7, 11) is 0. The average Bonchev–Trinajstić information content (AvgIpc) is 2.37. The van der Waals surface area contributed by atoms with E-state index >= 15 is 0 Å². The topological polar surface area (TPSA) is 63.8 Å². The molecule has 4 nitrogen and oxygen atoms in total. The zero-order valence-corrected chi connectivity index (χ0v) is 12.1. The number of rotatable bonds is 5. The molecular formula is C13H15ClN4S. The molecule has 0 radical (unpaired) electrons. The molecular weight excluding hydrogens is 280 g/mol. The number of hydrogen-bond acceptors (Lipinski definition) is 5. The molecule has 1 aromatic heterocycles. The van der Waals surface area contributed by atoms with Gasteiger partial charge >= 0.3 is 0 Å². The summed E-state index contributed by atoms with van der Waals surface area (Å²) in [5.74, 6) is 1.78. The number of nitrogens with one attached hydrogen (secondary N) is 1. The van der Waals surface area contributed by atoms with E-state index in [4.69, 9.17) is 17.3 Å². The summed E-state index contributed by atoms with van der Waals surface area (Å²) in [5.41, 5.74) is 6.77. The Labute approximate surface area is 121 Å². The summed E-state index contributed by atoms with van der Waals surface area (Å²) < 4.78 is 0. The minimum Gasteiger partial charge on any atom is -0.370 e. The Morgan fingerprint density at radius 1 is 1.32 bits per heavy atom. The third-order valence-corrected chi connectivity index (χ3v) is 3.74. The lowest BCUT2D eigenvalue weighted by Gasteiger charge is -2.07. The molecule has 1 aromatic carbocycles. The van der Waals surface area contributed by atoms with Gasteiger partial charge in [0.15, 0.2) is 0 Å². The van der Waals surface area contributed by atoms with Crippen LogP contribution < -0.4 is 11.1 Å². The third kappa shape index (κ3) is 4.01. The Morgan fingerprint density at radius 2 is 2.11 bits per heavy atom. The second-order valence-corrected chi connectivity index (χ2v) is 5.26. The van der Waals surface area contributed by atoms with Gasteiger partial charge < -0.3 is 11.1 Å². The molecule has 2 aromatic rings. The monoisotopic (exact) mass is 294 g/mol. The zero-order valence-electron chi connectivity index (χ0n) is 10.6. The molecule has 0 aliphatic carbocycles. The van der Waals surface area contributed by atoms with E-state index in [9.17, 15) is 0 Å². The number of nitrogens with two attached hydrogens (primary N) is 1. The van der Waals surface area contributed by atoms with E-state index in [-0.39, 0.29) is 5.95 Å². The highest BCUT2D eigenvalue weighted by Gasteiger charge is 2.05. The van der Waals surface area contributed by atoms with Crippen molar-refractivity contribution in [2.24, 2.45) is 0 Å². The van der Waals surface area contributed by atoms with Crippen molar-refractivity contribution in [2.45, 2.75) is 17.7 Å². The van der Waals surface area contributed by atoms with Crippen LogP contribution in [0.1, 0.15) is 12.5 Å². The summed E-state index contributed by atoms with van der Waals surface area (Å²) in [4.78, 5) is 8.32. The average molecular weight is 295 g/mol. The maximum Gasteiger partial charge on any atom is 0.223 e. The fourth-order valence-electron chi connectivity index (χ4n) is 1.56. The molecule has 0 bridgehead atoms. The summed E-state index contributed by atoms with van der Waals surface area (Å²) in [6, 6.07) is 9.67. The van der Waals surface area contributed by atoms with Crippen molar-refractivity contribution in [3.8, 4) is 0 Å². The molecule has 19 heavy (non-hydrogen) atoms. The van der Waals surface area contributed by atoms with Crippen molar-refractivity contribution in [1.82, 2.24) is 9.97 Å². The van der Waals surface area contributed by atoms with Gasteiger partial charge in [-0.15, -0.1) is 11.8 Å². The van der Waals surface area contributed by atoms with Crippen LogP contribution in [0.15, 0.2) is 35.4 Å². The summed E-state index contributed by atoms with van der Waals surface area (Å²) in [6.07, 6.45) is 0. The van der Waals surface area contributed by atoms with Crippen LogP contribution in [0.2, 0.25) is 5.02 Å². The number of aromatic nitrogens is 2. The lowest BCUT2D eigenvalue weighted by atomic mass is 10.2. The molecule has 100 valence electrons. The lowest BCUT2D eigenvalue weighted by molar-refractivity contribution is 1.04. The van der Waals surface area contributed by atoms with Crippen LogP contribution in [0.5, 0.6) is 0 Å². The first-order chi connectivity index (χ1) is 9.19. The van der Waals surface area contributed by atoms with E-state index in [1.54, 1.807) is 11.8 Å². The molecule has 0 saturated heterocycles. The van der Waals surface area contributed by atoms with Crippen LogP contribution in [-0.2, 0) is 5.75 Å². The summed E-state index contributed by atoms with van der Waals surface area (Å²) in [6.45, 7) is 2.81. The van der Waals surface area contributed by atoms with Gasteiger partial charge in [-0.25, -0.2) is 4.98 Å². The number of nitrogen functional groups attached to an aromatic ring is 1. The third-order valence-electron chi connectivity index (χ3n) is 2.41. The van der Waals surface area contributed by atoms with Crippen LogP contribution in [0.3, 0.4) is 0 Å². The molecule has 0 spiro atoms. The normalized spacial score (nSPS) is 10.4. The van der Waals surface area contributed by atoms with Crippen LogP contribution in [0.4, 0.5) is 11.8 Å². The molecule has 0 amide bonds. The van der Waals surface area contributed by atoms with Crippen molar-refractivity contribution < 1.29 is 0 Å². The highest BCUT2D eigenvalue weighted by Crippen LogP contribution is 2.26. The van der Waals surface area contributed by atoms with Gasteiger partial charge in [0.25, 0.3) is 0 Å². The largest absolute Gasteiger partial charge is 0.370 e. The second kappa shape index (κ2) is 6.63. The number of hydrogen-bond donors (Lipinski definition) is 2. The first-order valence-corrected chi connectivity index (χ1v) is 7.30. The van der Waals surface area contributed by atoms with Crippen molar-refractivity contribution in [3.63, 3.8) is 0 Å². The SMILES string of the molecule is CCNc1cc(SCc2ccccc2Cl)nc(N)n1. The van der Waals surface area contributed by atoms with Gasteiger partial charge in [0, 0.05) is 23.4 Å². The highest BCUT2D eigenvalue weighted by molar-refractivity contribution is 7.98. The smallest absolute Gasteiger partial charge is 0.223 e. The van der Waals surface area contributed by atoms with Crippen LogP contribution in [0.25, 0.3) is 0 Å². The van der Waals surface area contributed by atoms with Gasteiger partial charge in [0.2, 0.25) is 5.95 Å². The number of halogens is 1. The minimum absolute atomic E-state index is 0.278. The molecule has 0 fully saturated rings. The van der Waals surface area contributed by atoms with Crippen LogP contribution in [0, 0.1) is 0 Å². The first kappa shape index (κ1) is 14.0. The van der Waals surface area contributed by atoms with Gasteiger partial charge in [-0.2, -0.15) is 4.98 Å². The molecule has 3 N–H and O–H groups in total.